The van der Waals surface area contributed by atoms with Crippen LogP contribution in [0.25, 0.3) is 11.1 Å². The van der Waals surface area contributed by atoms with E-state index in [9.17, 15) is 0 Å². The largest absolute Gasteiger partial charge is 0.374 e. The van der Waals surface area contributed by atoms with Gasteiger partial charge in [0.2, 0.25) is 0 Å². The summed E-state index contributed by atoms with van der Waals surface area (Å²) in [6.45, 7) is 2.84. The number of ether oxygens (including phenoxy) is 1. The number of hydrogen-bond acceptors (Lipinski definition) is 1. The molecule has 3 aromatic rings. The quantitative estimate of drug-likeness (QED) is 0.528. The third kappa shape index (κ3) is 4.56. The smallest absolute Gasteiger partial charge is 0.0720 e. The highest BCUT2D eigenvalue weighted by Gasteiger charge is 2.08. The van der Waals surface area contributed by atoms with Gasteiger partial charge in [-0.3, -0.25) is 0 Å². The summed E-state index contributed by atoms with van der Waals surface area (Å²) in [6.07, 6.45) is 2.30. The molecule has 0 fully saturated rings. The van der Waals surface area contributed by atoms with Crippen molar-refractivity contribution >= 4 is 0 Å². The average Bonchev–Trinajstić information content (AvgIpc) is 2.66. The monoisotopic (exact) mass is 316 g/mol. The number of rotatable bonds is 7. The molecule has 24 heavy (non-hydrogen) atoms. The molecule has 1 unspecified atom stereocenters. The van der Waals surface area contributed by atoms with Crippen LogP contribution in [0.3, 0.4) is 0 Å². The number of hydrogen-bond donors (Lipinski definition) is 0. The zero-order chi connectivity index (χ0) is 16.6. The summed E-state index contributed by atoms with van der Waals surface area (Å²) in [7, 11) is 0. The van der Waals surface area contributed by atoms with Crippen LogP contribution < -0.4 is 0 Å². The number of benzene rings is 3. The van der Waals surface area contributed by atoms with Crippen molar-refractivity contribution in [1.29, 1.82) is 0 Å². The van der Waals surface area contributed by atoms with Crippen LogP contribution in [0.1, 0.15) is 24.5 Å². The molecule has 1 heteroatoms. The first kappa shape index (κ1) is 16.5. The van der Waals surface area contributed by atoms with Crippen LogP contribution in [0.2, 0.25) is 0 Å². The second kappa shape index (κ2) is 8.47. The molecule has 0 saturated heterocycles. The van der Waals surface area contributed by atoms with Gasteiger partial charge in [0.05, 0.1) is 12.7 Å². The first-order valence-corrected chi connectivity index (χ1v) is 8.62. The van der Waals surface area contributed by atoms with Crippen molar-refractivity contribution in [2.75, 3.05) is 0 Å². The Hall–Kier alpha value is -2.38. The van der Waals surface area contributed by atoms with E-state index >= 15 is 0 Å². The zero-order valence-corrected chi connectivity index (χ0v) is 14.2. The predicted octanol–water partition coefficient (Wildman–Crippen LogP) is 5.89. The molecular weight excluding hydrogens is 292 g/mol. The topological polar surface area (TPSA) is 9.23 Å². The van der Waals surface area contributed by atoms with Crippen molar-refractivity contribution in [1.82, 2.24) is 0 Å². The van der Waals surface area contributed by atoms with Gasteiger partial charge in [0, 0.05) is 0 Å². The van der Waals surface area contributed by atoms with E-state index in [0.29, 0.717) is 6.61 Å². The Morgan fingerprint density at radius 2 is 1.38 bits per heavy atom. The maximum atomic E-state index is 6.00. The van der Waals surface area contributed by atoms with Gasteiger partial charge in [-0.15, -0.1) is 0 Å². The molecule has 0 bridgehead atoms. The Kier molecular flexibility index (Phi) is 5.81. The van der Waals surface area contributed by atoms with Crippen LogP contribution in [0.15, 0.2) is 84.9 Å². The lowest BCUT2D eigenvalue weighted by Gasteiger charge is -2.15. The summed E-state index contributed by atoms with van der Waals surface area (Å²) in [6, 6.07) is 29.6. The third-order valence-electron chi connectivity index (χ3n) is 4.30. The molecule has 0 aliphatic heterocycles. The van der Waals surface area contributed by atoms with Crippen LogP contribution in [0.4, 0.5) is 0 Å². The van der Waals surface area contributed by atoms with E-state index in [0.717, 1.165) is 12.8 Å². The minimum absolute atomic E-state index is 0.244. The van der Waals surface area contributed by atoms with Crippen LogP contribution in [-0.4, -0.2) is 6.10 Å². The Morgan fingerprint density at radius 1 is 0.750 bits per heavy atom. The van der Waals surface area contributed by atoms with Crippen molar-refractivity contribution in [3.05, 3.63) is 96.1 Å². The van der Waals surface area contributed by atoms with E-state index in [-0.39, 0.29) is 6.10 Å². The Labute approximate surface area is 144 Å². The fraction of sp³-hybridized carbons (Fsp3) is 0.217. The molecule has 0 radical (unpaired) electrons. The standard InChI is InChI=1S/C23H24O/c1-19(24-18-20-10-4-2-5-11-20)16-17-22-14-8-9-15-23(22)21-12-6-3-7-13-21/h2-15,19H,16-18H2,1H3. The van der Waals surface area contributed by atoms with E-state index in [1.807, 2.05) is 6.07 Å². The Balaban J connectivity index is 1.59. The fourth-order valence-corrected chi connectivity index (χ4v) is 2.89. The van der Waals surface area contributed by atoms with Gasteiger partial charge in [-0.05, 0) is 42.0 Å². The van der Waals surface area contributed by atoms with Crippen LogP contribution in [0.5, 0.6) is 0 Å². The summed E-state index contributed by atoms with van der Waals surface area (Å²) in [5, 5.41) is 0. The first-order valence-electron chi connectivity index (χ1n) is 8.62. The normalized spacial score (nSPS) is 12.0. The lowest BCUT2D eigenvalue weighted by Crippen LogP contribution is -2.09. The molecule has 0 spiro atoms. The number of aryl methyl sites for hydroxylation is 1. The molecule has 1 atom stereocenters. The summed E-state index contributed by atoms with van der Waals surface area (Å²) < 4.78 is 6.00. The highest BCUT2D eigenvalue weighted by molar-refractivity contribution is 5.67. The maximum absolute atomic E-state index is 6.00. The summed E-state index contributed by atoms with van der Waals surface area (Å²) in [5.41, 5.74) is 5.23. The van der Waals surface area contributed by atoms with Gasteiger partial charge >= 0.3 is 0 Å². The molecular formula is C23H24O. The van der Waals surface area contributed by atoms with Crippen molar-refractivity contribution in [3.63, 3.8) is 0 Å². The van der Waals surface area contributed by atoms with E-state index in [1.165, 1.54) is 22.3 Å². The molecule has 3 rings (SSSR count). The molecule has 0 aliphatic rings. The molecule has 0 saturated carbocycles. The van der Waals surface area contributed by atoms with Gasteiger partial charge in [0.25, 0.3) is 0 Å². The van der Waals surface area contributed by atoms with Crippen molar-refractivity contribution in [3.8, 4) is 11.1 Å². The molecule has 0 aromatic heterocycles. The molecule has 0 N–H and O–H groups in total. The van der Waals surface area contributed by atoms with Crippen molar-refractivity contribution < 1.29 is 4.74 Å². The maximum Gasteiger partial charge on any atom is 0.0720 e. The van der Waals surface area contributed by atoms with E-state index in [4.69, 9.17) is 4.74 Å². The second-order valence-corrected chi connectivity index (χ2v) is 6.17. The fourth-order valence-electron chi connectivity index (χ4n) is 2.89. The summed E-state index contributed by atoms with van der Waals surface area (Å²) >= 11 is 0. The second-order valence-electron chi connectivity index (χ2n) is 6.17. The molecule has 1 nitrogen and oxygen atoms in total. The summed E-state index contributed by atoms with van der Waals surface area (Å²) in [5.74, 6) is 0. The molecule has 122 valence electrons. The lowest BCUT2D eigenvalue weighted by molar-refractivity contribution is 0.0478. The van der Waals surface area contributed by atoms with Crippen LogP contribution >= 0.6 is 0 Å². The Morgan fingerprint density at radius 3 is 2.12 bits per heavy atom. The molecule has 3 aromatic carbocycles. The van der Waals surface area contributed by atoms with Gasteiger partial charge < -0.3 is 4.74 Å². The third-order valence-corrected chi connectivity index (χ3v) is 4.30. The van der Waals surface area contributed by atoms with Gasteiger partial charge in [-0.1, -0.05) is 84.9 Å². The first-order chi connectivity index (χ1) is 11.8. The highest BCUT2D eigenvalue weighted by Crippen LogP contribution is 2.25. The van der Waals surface area contributed by atoms with Gasteiger partial charge in [0.15, 0.2) is 0 Å². The minimum atomic E-state index is 0.244. The average molecular weight is 316 g/mol. The van der Waals surface area contributed by atoms with E-state index in [2.05, 4.69) is 85.8 Å². The van der Waals surface area contributed by atoms with Crippen LogP contribution in [0, 0.1) is 0 Å². The highest BCUT2D eigenvalue weighted by atomic mass is 16.5. The molecule has 0 aliphatic carbocycles. The van der Waals surface area contributed by atoms with Crippen molar-refractivity contribution in [2.24, 2.45) is 0 Å². The van der Waals surface area contributed by atoms with Gasteiger partial charge in [-0.25, -0.2) is 0 Å². The SMILES string of the molecule is CC(CCc1ccccc1-c1ccccc1)OCc1ccccc1. The lowest BCUT2D eigenvalue weighted by atomic mass is 9.96. The predicted molar refractivity (Wildman–Crippen MR) is 101 cm³/mol. The van der Waals surface area contributed by atoms with Crippen LogP contribution in [-0.2, 0) is 17.8 Å². The molecule has 0 heterocycles. The van der Waals surface area contributed by atoms with E-state index in [1.54, 1.807) is 0 Å². The summed E-state index contributed by atoms with van der Waals surface area (Å²) in [4.78, 5) is 0. The zero-order valence-electron chi connectivity index (χ0n) is 14.2. The van der Waals surface area contributed by atoms with Gasteiger partial charge in [-0.2, -0.15) is 0 Å². The van der Waals surface area contributed by atoms with Crippen molar-refractivity contribution in [2.45, 2.75) is 32.5 Å². The molecule has 0 amide bonds. The minimum Gasteiger partial charge on any atom is -0.374 e. The van der Waals surface area contributed by atoms with Gasteiger partial charge in [0.1, 0.15) is 0 Å². The Bertz CT molecular complexity index is 734. The van der Waals surface area contributed by atoms with E-state index < -0.39 is 0 Å².